The number of phenols is 1. The van der Waals surface area contributed by atoms with E-state index in [1.54, 1.807) is 12.1 Å². The molecule has 0 saturated heterocycles. The van der Waals surface area contributed by atoms with Gasteiger partial charge in [-0.15, -0.1) is 0 Å². The highest BCUT2D eigenvalue weighted by atomic mass is 16.4. The summed E-state index contributed by atoms with van der Waals surface area (Å²) in [4.78, 5) is 4.29. The van der Waals surface area contributed by atoms with Gasteiger partial charge in [-0.1, -0.05) is 19.1 Å². The first kappa shape index (κ1) is 9.77. The lowest BCUT2D eigenvalue weighted by atomic mass is 10.1. The first-order chi connectivity index (χ1) is 7.22. The molecule has 0 saturated carbocycles. The molecule has 0 spiro atoms. The highest BCUT2D eigenvalue weighted by Crippen LogP contribution is 2.31. The fraction of sp³-hybridized carbons (Fsp3) is 0.250. The molecule has 2 aromatic rings. The van der Waals surface area contributed by atoms with Crippen molar-refractivity contribution in [3.05, 3.63) is 35.9 Å². The topological polar surface area (TPSA) is 46.3 Å². The van der Waals surface area contributed by atoms with E-state index in [9.17, 15) is 5.11 Å². The van der Waals surface area contributed by atoms with Gasteiger partial charge in [0.2, 0.25) is 0 Å². The fourth-order valence-corrected chi connectivity index (χ4v) is 1.59. The van der Waals surface area contributed by atoms with Crippen LogP contribution in [0.3, 0.4) is 0 Å². The molecule has 0 amide bonds. The van der Waals surface area contributed by atoms with Gasteiger partial charge in [-0.25, -0.2) is 4.98 Å². The van der Waals surface area contributed by atoms with Crippen LogP contribution in [0.5, 0.6) is 5.75 Å². The standard InChI is InChI=1S/C12H13NO2/c1-3-11-12(13-8(2)15-11)9-6-4-5-7-10(9)14/h4-7,14H,3H2,1-2H3. The van der Waals surface area contributed by atoms with Gasteiger partial charge in [-0.2, -0.15) is 0 Å². The molecule has 0 unspecified atom stereocenters. The van der Waals surface area contributed by atoms with Gasteiger partial charge in [0, 0.05) is 18.9 Å². The Morgan fingerprint density at radius 3 is 2.73 bits per heavy atom. The van der Waals surface area contributed by atoms with Crippen LogP contribution in [0.4, 0.5) is 0 Å². The average molecular weight is 203 g/mol. The average Bonchev–Trinajstić information content (AvgIpc) is 2.60. The minimum Gasteiger partial charge on any atom is -0.507 e. The van der Waals surface area contributed by atoms with Gasteiger partial charge in [0.1, 0.15) is 17.2 Å². The molecule has 78 valence electrons. The van der Waals surface area contributed by atoms with Crippen LogP contribution in [0.15, 0.2) is 28.7 Å². The SMILES string of the molecule is CCc1oc(C)nc1-c1ccccc1O. The number of oxazole rings is 1. The molecule has 1 aromatic heterocycles. The number of aromatic hydroxyl groups is 1. The molecular formula is C12H13NO2. The zero-order valence-corrected chi connectivity index (χ0v) is 8.82. The van der Waals surface area contributed by atoms with E-state index in [4.69, 9.17) is 4.42 Å². The molecule has 0 fully saturated rings. The Balaban J connectivity index is 2.58. The first-order valence-electron chi connectivity index (χ1n) is 4.97. The van der Waals surface area contributed by atoms with Crippen LogP contribution in [0, 0.1) is 6.92 Å². The largest absolute Gasteiger partial charge is 0.507 e. The second kappa shape index (κ2) is 3.77. The quantitative estimate of drug-likeness (QED) is 0.816. The maximum Gasteiger partial charge on any atom is 0.191 e. The highest BCUT2D eigenvalue weighted by Gasteiger charge is 2.13. The Morgan fingerprint density at radius 2 is 2.07 bits per heavy atom. The summed E-state index contributed by atoms with van der Waals surface area (Å²) < 4.78 is 5.45. The number of hydrogen-bond donors (Lipinski definition) is 1. The van der Waals surface area contributed by atoms with E-state index in [-0.39, 0.29) is 5.75 Å². The Morgan fingerprint density at radius 1 is 1.33 bits per heavy atom. The van der Waals surface area contributed by atoms with Gasteiger partial charge in [0.25, 0.3) is 0 Å². The van der Waals surface area contributed by atoms with Crippen LogP contribution < -0.4 is 0 Å². The lowest BCUT2D eigenvalue weighted by molar-refractivity contribution is 0.474. The molecule has 15 heavy (non-hydrogen) atoms. The summed E-state index contributed by atoms with van der Waals surface area (Å²) in [6.45, 7) is 3.81. The van der Waals surface area contributed by atoms with E-state index in [0.29, 0.717) is 5.89 Å². The van der Waals surface area contributed by atoms with Crippen LogP contribution in [-0.2, 0) is 6.42 Å². The van der Waals surface area contributed by atoms with Crippen molar-refractivity contribution in [1.82, 2.24) is 4.98 Å². The van der Waals surface area contributed by atoms with Gasteiger partial charge in [-0.3, -0.25) is 0 Å². The normalized spacial score (nSPS) is 10.5. The molecule has 0 aliphatic carbocycles. The van der Waals surface area contributed by atoms with Gasteiger partial charge >= 0.3 is 0 Å². The number of aromatic nitrogens is 1. The number of aryl methyl sites for hydroxylation is 2. The predicted octanol–water partition coefficient (Wildman–Crippen LogP) is 2.92. The molecular weight excluding hydrogens is 190 g/mol. The molecule has 0 aliphatic rings. The molecule has 2 rings (SSSR count). The van der Waals surface area contributed by atoms with Crippen LogP contribution in [0.25, 0.3) is 11.3 Å². The van der Waals surface area contributed by atoms with Crippen LogP contribution in [-0.4, -0.2) is 10.1 Å². The summed E-state index contributed by atoms with van der Waals surface area (Å²) >= 11 is 0. The molecule has 0 bridgehead atoms. The molecule has 3 heteroatoms. The third-order valence-electron chi connectivity index (χ3n) is 2.28. The molecule has 0 atom stereocenters. The summed E-state index contributed by atoms with van der Waals surface area (Å²) in [6, 6.07) is 7.15. The second-order valence-corrected chi connectivity index (χ2v) is 3.38. The van der Waals surface area contributed by atoms with Crippen molar-refractivity contribution in [3.8, 4) is 17.0 Å². The summed E-state index contributed by atoms with van der Waals surface area (Å²) in [5.74, 6) is 1.68. The maximum atomic E-state index is 9.71. The summed E-state index contributed by atoms with van der Waals surface area (Å²) in [7, 11) is 0. The van der Waals surface area contributed by atoms with Crippen molar-refractivity contribution >= 4 is 0 Å². The monoisotopic (exact) mass is 203 g/mol. The molecule has 1 N–H and O–H groups in total. The molecule has 3 nitrogen and oxygen atoms in total. The van der Waals surface area contributed by atoms with E-state index < -0.39 is 0 Å². The lowest BCUT2D eigenvalue weighted by Crippen LogP contribution is -1.84. The molecule has 1 aromatic carbocycles. The predicted molar refractivity (Wildman–Crippen MR) is 57.7 cm³/mol. The number of phenolic OH excluding ortho intramolecular Hbond substituents is 1. The van der Waals surface area contributed by atoms with Crippen molar-refractivity contribution in [3.63, 3.8) is 0 Å². The smallest absolute Gasteiger partial charge is 0.191 e. The molecule has 0 aliphatic heterocycles. The Hall–Kier alpha value is -1.77. The second-order valence-electron chi connectivity index (χ2n) is 3.38. The number of rotatable bonds is 2. The van der Waals surface area contributed by atoms with E-state index in [1.165, 1.54) is 0 Å². The molecule has 0 radical (unpaired) electrons. The first-order valence-corrected chi connectivity index (χ1v) is 4.97. The van der Waals surface area contributed by atoms with E-state index in [2.05, 4.69) is 4.98 Å². The Bertz CT molecular complexity index is 474. The van der Waals surface area contributed by atoms with E-state index >= 15 is 0 Å². The number of hydrogen-bond acceptors (Lipinski definition) is 3. The van der Waals surface area contributed by atoms with Crippen LogP contribution >= 0.6 is 0 Å². The summed E-state index contributed by atoms with van der Waals surface area (Å²) in [5.41, 5.74) is 1.47. The zero-order valence-electron chi connectivity index (χ0n) is 8.82. The van der Waals surface area contributed by atoms with Gasteiger partial charge in [0.15, 0.2) is 5.89 Å². The van der Waals surface area contributed by atoms with Crippen molar-refractivity contribution in [2.24, 2.45) is 0 Å². The van der Waals surface area contributed by atoms with Crippen molar-refractivity contribution < 1.29 is 9.52 Å². The number of para-hydroxylation sites is 1. The lowest BCUT2D eigenvalue weighted by Gasteiger charge is -2.01. The van der Waals surface area contributed by atoms with Crippen LogP contribution in [0.2, 0.25) is 0 Å². The number of nitrogens with zero attached hydrogens (tertiary/aromatic N) is 1. The zero-order chi connectivity index (χ0) is 10.8. The maximum absolute atomic E-state index is 9.71. The Labute approximate surface area is 88.4 Å². The minimum absolute atomic E-state index is 0.237. The van der Waals surface area contributed by atoms with E-state index in [0.717, 1.165) is 23.4 Å². The third-order valence-corrected chi connectivity index (χ3v) is 2.28. The van der Waals surface area contributed by atoms with Crippen molar-refractivity contribution in [2.75, 3.05) is 0 Å². The van der Waals surface area contributed by atoms with Gasteiger partial charge < -0.3 is 9.52 Å². The van der Waals surface area contributed by atoms with Crippen LogP contribution in [0.1, 0.15) is 18.6 Å². The summed E-state index contributed by atoms with van der Waals surface area (Å²) in [6.07, 6.45) is 0.768. The summed E-state index contributed by atoms with van der Waals surface area (Å²) in [5, 5.41) is 9.71. The fourth-order valence-electron chi connectivity index (χ4n) is 1.59. The molecule has 1 heterocycles. The Kier molecular flexibility index (Phi) is 2.46. The van der Waals surface area contributed by atoms with Crippen molar-refractivity contribution in [2.45, 2.75) is 20.3 Å². The minimum atomic E-state index is 0.237. The van der Waals surface area contributed by atoms with Crippen molar-refractivity contribution in [1.29, 1.82) is 0 Å². The van der Waals surface area contributed by atoms with E-state index in [1.807, 2.05) is 26.0 Å². The number of benzene rings is 1. The van der Waals surface area contributed by atoms with Gasteiger partial charge in [0.05, 0.1) is 0 Å². The van der Waals surface area contributed by atoms with Gasteiger partial charge in [-0.05, 0) is 12.1 Å². The third kappa shape index (κ3) is 1.73. The highest BCUT2D eigenvalue weighted by molar-refractivity contribution is 5.68.